The maximum atomic E-state index is 12.2. The van der Waals surface area contributed by atoms with Crippen LogP contribution in [0.25, 0.3) is 0 Å². The Morgan fingerprint density at radius 3 is 2.29 bits per heavy atom. The van der Waals surface area contributed by atoms with Gasteiger partial charge in [-0.25, -0.2) is 13.1 Å². The molecule has 0 aliphatic heterocycles. The molecule has 0 aromatic heterocycles. The fraction of sp³-hybridized carbons (Fsp3) is 0.929. The molecule has 0 spiro atoms. The van der Waals surface area contributed by atoms with Gasteiger partial charge in [0.2, 0.25) is 15.9 Å². The van der Waals surface area contributed by atoms with Gasteiger partial charge in [-0.2, -0.15) is 0 Å². The molecule has 1 atom stereocenters. The smallest absolute Gasteiger partial charge is 0.238 e. The number of carbonyl (C=O) groups excluding carboxylic acids is 1. The van der Waals surface area contributed by atoms with Crippen molar-refractivity contribution in [2.45, 2.75) is 64.0 Å². The molecule has 1 aliphatic rings. The molecule has 1 unspecified atom stereocenters. The number of rotatable bonds is 7. The van der Waals surface area contributed by atoms with Crippen molar-refractivity contribution in [1.82, 2.24) is 10.0 Å². The van der Waals surface area contributed by atoms with Crippen molar-refractivity contribution in [3.8, 4) is 0 Å². The number of amides is 1. The maximum Gasteiger partial charge on any atom is 0.238 e. The zero-order chi connectivity index (χ0) is 16.1. The van der Waals surface area contributed by atoms with Crippen molar-refractivity contribution in [3.63, 3.8) is 0 Å². The Balaban J connectivity index is 2.59. The van der Waals surface area contributed by atoms with Gasteiger partial charge >= 0.3 is 0 Å². The predicted molar refractivity (Wildman–Crippen MR) is 82.3 cm³/mol. The molecule has 0 radical (unpaired) electrons. The van der Waals surface area contributed by atoms with Crippen LogP contribution >= 0.6 is 0 Å². The van der Waals surface area contributed by atoms with Crippen LogP contribution in [0.5, 0.6) is 0 Å². The van der Waals surface area contributed by atoms with E-state index in [0.717, 1.165) is 25.5 Å². The van der Waals surface area contributed by atoms with Crippen LogP contribution in [0.1, 0.15) is 52.4 Å². The van der Waals surface area contributed by atoms with Gasteiger partial charge in [0, 0.05) is 6.54 Å². The molecule has 0 bridgehead atoms. The first-order valence-electron chi connectivity index (χ1n) is 7.59. The number of aliphatic hydroxyl groups is 1. The lowest BCUT2D eigenvalue weighted by Crippen LogP contribution is -2.51. The Hall–Kier alpha value is -0.660. The van der Waals surface area contributed by atoms with Crippen LogP contribution in [-0.4, -0.2) is 43.9 Å². The van der Waals surface area contributed by atoms with Gasteiger partial charge in [-0.3, -0.25) is 4.79 Å². The number of carbonyl (C=O) groups is 1. The van der Waals surface area contributed by atoms with Crippen LogP contribution in [-0.2, 0) is 14.8 Å². The highest BCUT2D eigenvalue weighted by atomic mass is 32.2. The summed E-state index contributed by atoms with van der Waals surface area (Å²) in [4.78, 5) is 12.2. The van der Waals surface area contributed by atoms with Crippen molar-refractivity contribution in [2.24, 2.45) is 5.92 Å². The van der Waals surface area contributed by atoms with E-state index in [4.69, 9.17) is 0 Å². The molecular formula is C14H28N2O4S. The first-order chi connectivity index (χ1) is 9.61. The van der Waals surface area contributed by atoms with Crippen LogP contribution in [0.2, 0.25) is 0 Å². The summed E-state index contributed by atoms with van der Waals surface area (Å²) in [6.07, 6.45) is 5.87. The molecule has 0 saturated heterocycles. The maximum absolute atomic E-state index is 12.2. The highest BCUT2D eigenvalue weighted by Gasteiger charge is 2.31. The van der Waals surface area contributed by atoms with Crippen LogP contribution in [0.4, 0.5) is 0 Å². The molecule has 21 heavy (non-hydrogen) atoms. The summed E-state index contributed by atoms with van der Waals surface area (Å²) in [7, 11) is -3.45. The summed E-state index contributed by atoms with van der Waals surface area (Å²) in [6, 6.07) is -0.785. The van der Waals surface area contributed by atoms with Gasteiger partial charge in [0.25, 0.3) is 0 Å². The van der Waals surface area contributed by atoms with E-state index in [2.05, 4.69) is 10.0 Å². The number of hydrogen-bond donors (Lipinski definition) is 3. The van der Waals surface area contributed by atoms with E-state index >= 15 is 0 Å². The first kappa shape index (κ1) is 18.4. The SMILES string of the molecule is CC(C)CC(NS(C)(=O)=O)C(=O)NCC1(O)CCCCC1. The van der Waals surface area contributed by atoms with Crippen LogP contribution in [0, 0.1) is 5.92 Å². The first-order valence-corrected chi connectivity index (χ1v) is 9.48. The summed E-state index contributed by atoms with van der Waals surface area (Å²) < 4.78 is 25.1. The summed E-state index contributed by atoms with van der Waals surface area (Å²) in [5.74, 6) is -0.180. The third-order valence-electron chi connectivity index (χ3n) is 3.76. The van der Waals surface area contributed by atoms with Crippen molar-refractivity contribution >= 4 is 15.9 Å². The molecule has 3 N–H and O–H groups in total. The topological polar surface area (TPSA) is 95.5 Å². The van der Waals surface area contributed by atoms with E-state index < -0.39 is 21.7 Å². The highest BCUT2D eigenvalue weighted by molar-refractivity contribution is 7.88. The van der Waals surface area contributed by atoms with Gasteiger partial charge in [-0.05, 0) is 25.2 Å². The minimum absolute atomic E-state index is 0.186. The van der Waals surface area contributed by atoms with E-state index in [1.165, 1.54) is 0 Å². The van der Waals surface area contributed by atoms with Gasteiger partial charge < -0.3 is 10.4 Å². The summed E-state index contributed by atoms with van der Waals surface area (Å²) >= 11 is 0. The Kier molecular flexibility index (Phi) is 6.62. The monoisotopic (exact) mass is 320 g/mol. The number of sulfonamides is 1. The van der Waals surface area contributed by atoms with Gasteiger partial charge in [-0.1, -0.05) is 33.1 Å². The summed E-state index contributed by atoms with van der Waals surface area (Å²) in [5.41, 5.74) is -0.846. The Bertz CT molecular complexity index is 442. The van der Waals surface area contributed by atoms with E-state index in [-0.39, 0.29) is 18.4 Å². The van der Waals surface area contributed by atoms with Gasteiger partial charge in [0.05, 0.1) is 11.9 Å². The molecule has 0 heterocycles. The molecule has 124 valence electrons. The Morgan fingerprint density at radius 2 is 1.81 bits per heavy atom. The number of hydrogen-bond acceptors (Lipinski definition) is 4. The second-order valence-electron chi connectivity index (χ2n) is 6.57. The minimum atomic E-state index is -3.45. The second-order valence-corrected chi connectivity index (χ2v) is 8.35. The zero-order valence-electron chi connectivity index (χ0n) is 13.2. The molecule has 1 amide bonds. The molecule has 6 nitrogen and oxygen atoms in total. The Morgan fingerprint density at radius 1 is 1.24 bits per heavy atom. The second kappa shape index (κ2) is 7.56. The molecule has 1 saturated carbocycles. The minimum Gasteiger partial charge on any atom is -0.388 e. The average molecular weight is 320 g/mol. The van der Waals surface area contributed by atoms with Crippen molar-refractivity contribution in [1.29, 1.82) is 0 Å². The predicted octanol–water partition coefficient (Wildman–Crippen LogP) is 0.762. The molecule has 0 aromatic carbocycles. The standard InChI is InChI=1S/C14H28N2O4S/c1-11(2)9-12(16-21(3,19)20)13(17)15-10-14(18)7-5-4-6-8-14/h11-12,16,18H,4-10H2,1-3H3,(H,15,17). The van der Waals surface area contributed by atoms with E-state index in [1.807, 2.05) is 13.8 Å². The van der Waals surface area contributed by atoms with E-state index in [1.54, 1.807) is 0 Å². The molecule has 0 aromatic rings. The van der Waals surface area contributed by atoms with Crippen molar-refractivity contribution in [2.75, 3.05) is 12.8 Å². The van der Waals surface area contributed by atoms with E-state index in [0.29, 0.717) is 19.3 Å². The van der Waals surface area contributed by atoms with Gasteiger partial charge in [0.15, 0.2) is 0 Å². The van der Waals surface area contributed by atoms with Crippen LogP contribution in [0.3, 0.4) is 0 Å². The van der Waals surface area contributed by atoms with Crippen molar-refractivity contribution in [3.05, 3.63) is 0 Å². The number of nitrogens with one attached hydrogen (secondary N) is 2. The largest absolute Gasteiger partial charge is 0.388 e. The lowest BCUT2D eigenvalue weighted by molar-refractivity contribution is -0.124. The van der Waals surface area contributed by atoms with Crippen LogP contribution < -0.4 is 10.0 Å². The molecule has 7 heteroatoms. The highest BCUT2D eigenvalue weighted by Crippen LogP contribution is 2.27. The molecule has 1 fully saturated rings. The lowest BCUT2D eigenvalue weighted by Gasteiger charge is -2.32. The summed E-state index contributed by atoms with van der Waals surface area (Å²) in [5, 5.41) is 13.1. The third-order valence-corrected chi connectivity index (χ3v) is 4.47. The molecular weight excluding hydrogens is 292 g/mol. The average Bonchev–Trinajstić information content (AvgIpc) is 2.34. The van der Waals surface area contributed by atoms with E-state index in [9.17, 15) is 18.3 Å². The normalized spacial score (nSPS) is 20.2. The quantitative estimate of drug-likeness (QED) is 0.645. The molecule has 1 aliphatic carbocycles. The molecule has 1 rings (SSSR count). The Labute approximate surface area is 127 Å². The third kappa shape index (κ3) is 7.24. The van der Waals surface area contributed by atoms with Gasteiger partial charge in [-0.15, -0.1) is 0 Å². The fourth-order valence-electron chi connectivity index (χ4n) is 2.70. The van der Waals surface area contributed by atoms with Crippen LogP contribution in [0.15, 0.2) is 0 Å². The lowest BCUT2D eigenvalue weighted by atomic mass is 9.85. The summed E-state index contributed by atoms with van der Waals surface area (Å²) in [6.45, 7) is 4.05. The van der Waals surface area contributed by atoms with Crippen molar-refractivity contribution < 1.29 is 18.3 Å². The van der Waals surface area contributed by atoms with Gasteiger partial charge in [0.1, 0.15) is 6.04 Å². The zero-order valence-corrected chi connectivity index (χ0v) is 14.0. The fourth-order valence-corrected chi connectivity index (χ4v) is 3.42.